The summed E-state index contributed by atoms with van der Waals surface area (Å²) in [7, 11) is 0. The molecule has 0 amide bonds. The van der Waals surface area contributed by atoms with Crippen LogP contribution >= 0.6 is 0 Å². The van der Waals surface area contributed by atoms with Crippen LogP contribution in [0.5, 0.6) is 0 Å². The number of cyclic esters (lactones) is 1. The number of aromatic nitrogens is 2. The fraction of sp³-hybridized carbons (Fsp3) is 0.733. The summed E-state index contributed by atoms with van der Waals surface area (Å²) in [5.74, 6) is 0.250. The quantitative estimate of drug-likeness (QED) is 0.828. The molecule has 116 valence electrons. The molecular formula is C15H23N3O3. The van der Waals surface area contributed by atoms with Crippen LogP contribution in [0, 0.1) is 5.92 Å². The highest BCUT2D eigenvalue weighted by Crippen LogP contribution is 2.34. The molecule has 0 radical (unpaired) electrons. The van der Waals surface area contributed by atoms with Gasteiger partial charge >= 0.3 is 5.97 Å². The first-order valence-electron chi connectivity index (χ1n) is 7.75. The summed E-state index contributed by atoms with van der Waals surface area (Å²) in [5, 5.41) is 7.66. The highest BCUT2D eigenvalue weighted by molar-refractivity contribution is 5.77. The van der Waals surface area contributed by atoms with E-state index < -0.39 is 0 Å². The summed E-state index contributed by atoms with van der Waals surface area (Å²) in [5.41, 5.74) is 1.13. The molecule has 0 bridgehead atoms. The molecule has 0 unspecified atom stereocenters. The van der Waals surface area contributed by atoms with Crippen molar-refractivity contribution < 1.29 is 14.3 Å². The van der Waals surface area contributed by atoms with Crippen molar-refractivity contribution in [3.05, 3.63) is 18.0 Å². The predicted molar refractivity (Wildman–Crippen MR) is 76.7 cm³/mol. The largest absolute Gasteiger partial charge is 0.461 e. The Bertz CT molecular complexity index is 502. The zero-order valence-corrected chi connectivity index (χ0v) is 12.6. The van der Waals surface area contributed by atoms with Crippen LogP contribution < -0.4 is 5.32 Å². The van der Waals surface area contributed by atoms with Gasteiger partial charge in [0.25, 0.3) is 0 Å². The summed E-state index contributed by atoms with van der Waals surface area (Å²) in [6, 6.07) is -0.167. The second-order valence-electron chi connectivity index (χ2n) is 5.91. The number of aryl methyl sites for hydroxylation is 1. The van der Waals surface area contributed by atoms with Gasteiger partial charge in [-0.05, 0) is 20.3 Å². The Balaban J connectivity index is 1.58. The van der Waals surface area contributed by atoms with Crippen LogP contribution in [0.2, 0.25) is 0 Å². The monoisotopic (exact) mass is 293 g/mol. The van der Waals surface area contributed by atoms with Gasteiger partial charge in [0.2, 0.25) is 0 Å². The SMILES string of the molecule is CCn1cc([C@@H]2OCC[C@@H]2CN[C@H]2C[C@H](C)OC2=O)cn1. The number of rotatable bonds is 5. The maximum atomic E-state index is 11.7. The summed E-state index contributed by atoms with van der Waals surface area (Å²) < 4.78 is 12.9. The Hall–Kier alpha value is -1.40. The second kappa shape index (κ2) is 6.15. The zero-order valence-electron chi connectivity index (χ0n) is 12.6. The average molecular weight is 293 g/mol. The lowest BCUT2D eigenvalue weighted by atomic mass is 9.97. The number of nitrogens with zero attached hydrogens (tertiary/aromatic N) is 2. The molecule has 3 heterocycles. The van der Waals surface area contributed by atoms with Crippen molar-refractivity contribution in [2.24, 2.45) is 5.92 Å². The predicted octanol–water partition coefficient (Wildman–Crippen LogP) is 1.27. The molecule has 0 aromatic carbocycles. The second-order valence-corrected chi connectivity index (χ2v) is 5.91. The number of carbonyl (C=O) groups excluding carboxylic acids is 1. The Labute approximate surface area is 124 Å². The minimum Gasteiger partial charge on any atom is -0.461 e. The lowest BCUT2D eigenvalue weighted by molar-refractivity contribution is -0.142. The summed E-state index contributed by atoms with van der Waals surface area (Å²) in [6.07, 6.45) is 5.80. The van der Waals surface area contributed by atoms with Gasteiger partial charge in [0.1, 0.15) is 12.1 Å². The molecule has 2 aliphatic heterocycles. The van der Waals surface area contributed by atoms with Crippen molar-refractivity contribution in [2.75, 3.05) is 13.2 Å². The summed E-state index contributed by atoms with van der Waals surface area (Å²) >= 11 is 0. The summed E-state index contributed by atoms with van der Waals surface area (Å²) in [4.78, 5) is 11.7. The number of carbonyl (C=O) groups is 1. The molecule has 1 N–H and O–H groups in total. The number of esters is 1. The van der Waals surface area contributed by atoms with Crippen molar-refractivity contribution in [3.63, 3.8) is 0 Å². The first-order chi connectivity index (χ1) is 10.2. The van der Waals surface area contributed by atoms with E-state index in [0.29, 0.717) is 5.92 Å². The highest BCUT2D eigenvalue weighted by Gasteiger charge is 2.35. The Morgan fingerprint density at radius 3 is 3.05 bits per heavy atom. The Kier molecular flexibility index (Phi) is 4.26. The van der Waals surface area contributed by atoms with E-state index in [1.807, 2.05) is 17.8 Å². The fourth-order valence-corrected chi connectivity index (χ4v) is 3.13. The molecule has 6 heteroatoms. The van der Waals surface area contributed by atoms with Gasteiger partial charge in [-0.3, -0.25) is 9.48 Å². The molecule has 3 rings (SSSR count). The molecule has 6 nitrogen and oxygen atoms in total. The minimum atomic E-state index is -0.167. The molecule has 1 aromatic rings. The number of nitrogens with one attached hydrogen (secondary N) is 1. The Morgan fingerprint density at radius 2 is 2.38 bits per heavy atom. The van der Waals surface area contributed by atoms with Crippen molar-refractivity contribution in [2.45, 2.75) is 51.5 Å². The van der Waals surface area contributed by atoms with E-state index in [-0.39, 0.29) is 24.2 Å². The van der Waals surface area contributed by atoms with Crippen LogP contribution in [0.1, 0.15) is 38.4 Å². The maximum Gasteiger partial charge on any atom is 0.323 e. The molecule has 2 saturated heterocycles. The van der Waals surface area contributed by atoms with Gasteiger partial charge in [0.15, 0.2) is 0 Å². The van der Waals surface area contributed by atoms with Gasteiger partial charge in [-0.2, -0.15) is 5.10 Å². The topological polar surface area (TPSA) is 65.4 Å². The number of hydrogen-bond donors (Lipinski definition) is 1. The van der Waals surface area contributed by atoms with E-state index in [2.05, 4.69) is 23.5 Å². The van der Waals surface area contributed by atoms with Gasteiger partial charge in [0.05, 0.1) is 12.3 Å². The standard InChI is InChI=1S/C15H23N3O3/c1-3-18-9-12(8-17-18)14-11(4-5-20-14)7-16-13-6-10(2)21-15(13)19/h8-11,13-14,16H,3-7H2,1-2H3/t10-,11+,13-,14+/m0/s1. The van der Waals surface area contributed by atoms with Gasteiger partial charge in [-0.25, -0.2) is 0 Å². The summed E-state index contributed by atoms with van der Waals surface area (Å²) in [6.45, 7) is 6.40. The maximum absolute atomic E-state index is 11.7. The molecule has 2 fully saturated rings. The van der Waals surface area contributed by atoms with Crippen LogP contribution in [-0.4, -0.2) is 41.0 Å². The van der Waals surface area contributed by atoms with Crippen molar-refractivity contribution in [3.8, 4) is 0 Å². The molecule has 1 aromatic heterocycles. The van der Waals surface area contributed by atoms with Crippen molar-refractivity contribution in [1.82, 2.24) is 15.1 Å². The van der Waals surface area contributed by atoms with E-state index in [1.165, 1.54) is 0 Å². The van der Waals surface area contributed by atoms with Crippen LogP contribution in [0.4, 0.5) is 0 Å². The molecule has 0 spiro atoms. The van der Waals surface area contributed by atoms with E-state index in [0.717, 1.165) is 38.1 Å². The van der Waals surface area contributed by atoms with E-state index in [4.69, 9.17) is 9.47 Å². The first-order valence-corrected chi connectivity index (χ1v) is 7.75. The lowest BCUT2D eigenvalue weighted by Gasteiger charge is -2.19. The van der Waals surface area contributed by atoms with E-state index in [1.54, 1.807) is 0 Å². The van der Waals surface area contributed by atoms with Crippen molar-refractivity contribution in [1.29, 1.82) is 0 Å². The third kappa shape index (κ3) is 3.11. The first kappa shape index (κ1) is 14.5. The normalized spacial score (nSPS) is 32.6. The van der Waals surface area contributed by atoms with Crippen LogP contribution in [0.25, 0.3) is 0 Å². The third-order valence-corrected chi connectivity index (χ3v) is 4.32. The van der Waals surface area contributed by atoms with Crippen LogP contribution in [0.15, 0.2) is 12.4 Å². The zero-order chi connectivity index (χ0) is 14.8. The van der Waals surface area contributed by atoms with Crippen LogP contribution in [0.3, 0.4) is 0 Å². The molecule has 0 aliphatic carbocycles. The fourth-order valence-electron chi connectivity index (χ4n) is 3.13. The van der Waals surface area contributed by atoms with Gasteiger partial charge < -0.3 is 14.8 Å². The lowest BCUT2D eigenvalue weighted by Crippen LogP contribution is -2.37. The Morgan fingerprint density at radius 1 is 1.52 bits per heavy atom. The molecule has 21 heavy (non-hydrogen) atoms. The van der Waals surface area contributed by atoms with Gasteiger partial charge in [-0.1, -0.05) is 0 Å². The molecule has 2 aliphatic rings. The highest BCUT2D eigenvalue weighted by atomic mass is 16.6. The van der Waals surface area contributed by atoms with E-state index in [9.17, 15) is 4.79 Å². The van der Waals surface area contributed by atoms with Gasteiger partial charge in [-0.15, -0.1) is 0 Å². The van der Waals surface area contributed by atoms with Gasteiger partial charge in [0, 0.05) is 43.8 Å². The molecular weight excluding hydrogens is 270 g/mol. The average Bonchev–Trinajstić information content (AvgIpc) is 3.15. The smallest absolute Gasteiger partial charge is 0.323 e. The third-order valence-electron chi connectivity index (χ3n) is 4.32. The van der Waals surface area contributed by atoms with E-state index >= 15 is 0 Å². The van der Waals surface area contributed by atoms with Crippen LogP contribution in [-0.2, 0) is 20.8 Å². The number of ether oxygens (including phenoxy) is 2. The molecule has 0 saturated carbocycles. The van der Waals surface area contributed by atoms with Crippen molar-refractivity contribution >= 4 is 5.97 Å². The molecule has 4 atom stereocenters. The minimum absolute atomic E-state index is 0.0217. The number of hydrogen-bond acceptors (Lipinski definition) is 5.